The van der Waals surface area contributed by atoms with E-state index < -0.39 is 0 Å². The monoisotopic (exact) mass is 368 g/mol. The quantitative estimate of drug-likeness (QED) is 0.833. The number of likely N-dealkylation sites (tertiary alicyclic amines) is 1. The van der Waals surface area contributed by atoms with Gasteiger partial charge in [-0.25, -0.2) is 4.68 Å². The number of amides is 1. The Morgan fingerprint density at radius 1 is 1.11 bits per heavy atom. The summed E-state index contributed by atoms with van der Waals surface area (Å²) in [5.41, 5.74) is 1.44. The van der Waals surface area contributed by atoms with Gasteiger partial charge in [0.1, 0.15) is 5.75 Å². The molecule has 2 aliphatic rings. The Hall–Kier alpha value is -2.34. The molecule has 6 heteroatoms. The number of hydrogen-bond donors (Lipinski definition) is 0. The van der Waals surface area contributed by atoms with Crippen molar-refractivity contribution in [3.8, 4) is 11.4 Å². The van der Waals surface area contributed by atoms with Gasteiger partial charge in [-0.1, -0.05) is 0 Å². The zero-order valence-electron chi connectivity index (χ0n) is 16.3. The predicted molar refractivity (Wildman–Crippen MR) is 104 cm³/mol. The van der Waals surface area contributed by atoms with Gasteiger partial charge in [0.25, 0.3) is 5.91 Å². The Morgan fingerprint density at radius 2 is 1.85 bits per heavy atom. The summed E-state index contributed by atoms with van der Waals surface area (Å²) in [6.45, 7) is 1.74. The third-order valence-electron chi connectivity index (χ3n) is 6.18. The Kier molecular flexibility index (Phi) is 4.91. The number of carbonyl (C=O) groups is 1. The smallest absolute Gasteiger partial charge is 0.274 e. The minimum Gasteiger partial charge on any atom is -0.497 e. The number of aromatic nitrogens is 2. The molecule has 1 aromatic carbocycles. The van der Waals surface area contributed by atoms with Crippen LogP contribution < -0.4 is 4.74 Å². The third kappa shape index (κ3) is 3.58. The van der Waals surface area contributed by atoms with Gasteiger partial charge >= 0.3 is 0 Å². The SMILES string of the molecule is COc1ccc(-n2ccc(C(=O)N3CC4CCC(N(C)C)CC4C3)n2)cc1. The van der Waals surface area contributed by atoms with Crippen LogP contribution in [0.15, 0.2) is 36.5 Å². The number of nitrogens with zero attached hydrogens (tertiary/aromatic N) is 4. The molecular formula is C21H28N4O2. The van der Waals surface area contributed by atoms with Gasteiger partial charge in [0.2, 0.25) is 0 Å². The summed E-state index contributed by atoms with van der Waals surface area (Å²) in [5.74, 6) is 2.13. The molecule has 0 spiro atoms. The van der Waals surface area contributed by atoms with E-state index in [2.05, 4.69) is 24.1 Å². The minimum atomic E-state index is 0.0538. The summed E-state index contributed by atoms with van der Waals surface area (Å²) in [6, 6.07) is 10.1. The number of rotatable bonds is 4. The summed E-state index contributed by atoms with van der Waals surface area (Å²) < 4.78 is 6.94. The fourth-order valence-corrected chi connectivity index (χ4v) is 4.52. The predicted octanol–water partition coefficient (Wildman–Crippen LogP) is 2.68. The highest BCUT2D eigenvalue weighted by atomic mass is 16.5. The summed E-state index contributed by atoms with van der Waals surface area (Å²) in [4.78, 5) is 17.3. The fraction of sp³-hybridized carbons (Fsp3) is 0.524. The second-order valence-corrected chi connectivity index (χ2v) is 8.00. The normalized spacial score (nSPS) is 24.9. The molecule has 1 saturated carbocycles. The van der Waals surface area contributed by atoms with Crippen molar-refractivity contribution in [1.29, 1.82) is 0 Å². The third-order valence-corrected chi connectivity index (χ3v) is 6.18. The van der Waals surface area contributed by atoms with Crippen molar-refractivity contribution in [3.63, 3.8) is 0 Å². The molecular weight excluding hydrogens is 340 g/mol. The lowest BCUT2D eigenvalue weighted by Crippen LogP contribution is -2.36. The van der Waals surface area contributed by atoms with Crippen molar-refractivity contribution in [1.82, 2.24) is 19.6 Å². The minimum absolute atomic E-state index is 0.0538. The highest BCUT2D eigenvalue weighted by Crippen LogP contribution is 2.37. The Morgan fingerprint density at radius 3 is 2.56 bits per heavy atom. The van der Waals surface area contributed by atoms with Crippen LogP contribution in [0.1, 0.15) is 29.8 Å². The maximum atomic E-state index is 13.0. The largest absolute Gasteiger partial charge is 0.497 e. The summed E-state index contributed by atoms with van der Waals surface area (Å²) in [5, 5.41) is 4.52. The maximum absolute atomic E-state index is 13.0. The number of fused-ring (bicyclic) bond motifs is 1. The van der Waals surface area contributed by atoms with Crippen LogP contribution in [0.25, 0.3) is 5.69 Å². The summed E-state index contributed by atoms with van der Waals surface area (Å²) >= 11 is 0. The van der Waals surface area contributed by atoms with Crippen LogP contribution in [0.3, 0.4) is 0 Å². The van der Waals surface area contributed by atoms with Crippen LogP contribution >= 0.6 is 0 Å². The van der Waals surface area contributed by atoms with E-state index >= 15 is 0 Å². The Bertz CT molecular complexity index is 799. The van der Waals surface area contributed by atoms with Crippen molar-refractivity contribution >= 4 is 5.91 Å². The van der Waals surface area contributed by atoms with Gasteiger partial charge < -0.3 is 14.5 Å². The van der Waals surface area contributed by atoms with Crippen molar-refractivity contribution in [2.24, 2.45) is 11.8 Å². The first-order valence-corrected chi connectivity index (χ1v) is 9.71. The van der Waals surface area contributed by atoms with Gasteiger partial charge in [-0.05, 0) is 75.5 Å². The zero-order chi connectivity index (χ0) is 19.0. The molecule has 0 bridgehead atoms. The fourth-order valence-electron chi connectivity index (χ4n) is 4.52. The van der Waals surface area contributed by atoms with Gasteiger partial charge in [-0.2, -0.15) is 5.10 Å². The van der Waals surface area contributed by atoms with E-state index in [1.165, 1.54) is 19.3 Å². The molecule has 3 atom stereocenters. The molecule has 1 aliphatic heterocycles. The van der Waals surface area contributed by atoms with E-state index in [9.17, 15) is 4.79 Å². The van der Waals surface area contributed by atoms with Crippen molar-refractivity contribution in [3.05, 3.63) is 42.2 Å². The first kappa shape index (κ1) is 18.0. The van der Waals surface area contributed by atoms with E-state index in [1.54, 1.807) is 11.8 Å². The second-order valence-electron chi connectivity index (χ2n) is 8.00. The first-order chi connectivity index (χ1) is 13.0. The van der Waals surface area contributed by atoms with Crippen LogP contribution in [0, 0.1) is 11.8 Å². The topological polar surface area (TPSA) is 50.6 Å². The van der Waals surface area contributed by atoms with Gasteiger partial charge in [0.05, 0.1) is 12.8 Å². The van der Waals surface area contributed by atoms with Crippen LogP contribution in [0.2, 0.25) is 0 Å². The molecule has 1 amide bonds. The highest BCUT2D eigenvalue weighted by Gasteiger charge is 2.40. The zero-order valence-corrected chi connectivity index (χ0v) is 16.3. The molecule has 1 aliphatic carbocycles. The molecule has 2 heterocycles. The molecule has 0 N–H and O–H groups in total. The number of ether oxygens (including phenoxy) is 1. The van der Waals surface area contributed by atoms with Gasteiger partial charge in [-0.3, -0.25) is 4.79 Å². The molecule has 2 fully saturated rings. The summed E-state index contributed by atoms with van der Waals surface area (Å²) in [7, 11) is 5.97. The number of methoxy groups -OCH3 is 1. The molecule has 3 unspecified atom stereocenters. The molecule has 144 valence electrons. The number of carbonyl (C=O) groups excluding carboxylic acids is 1. The Balaban J connectivity index is 1.44. The second kappa shape index (κ2) is 7.35. The van der Waals surface area contributed by atoms with Crippen LogP contribution in [0.5, 0.6) is 5.75 Å². The molecule has 2 aromatic rings. The highest BCUT2D eigenvalue weighted by molar-refractivity contribution is 5.92. The van der Waals surface area contributed by atoms with E-state index in [0.717, 1.165) is 24.5 Å². The van der Waals surface area contributed by atoms with Crippen molar-refractivity contribution in [2.45, 2.75) is 25.3 Å². The lowest BCUT2D eigenvalue weighted by Gasteiger charge is -2.34. The summed E-state index contributed by atoms with van der Waals surface area (Å²) in [6.07, 6.45) is 5.50. The molecule has 1 saturated heterocycles. The average molecular weight is 368 g/mol. The van der Waals surface area contributed by atoms with E-state index in [1.807, 2.05) is 41.4 Å². The van der Waals surface area contributed by atoms with Gasteiger partial charge in [-0.15, -0.1) is 0 Å². The van der Waals surface area contributed by atoms with Crippen molar-refractivity contribution < 1.29 is 9.53 Å². The number of benzene rings is 1. The van der Waals surface area contributed by atoms with Crippen LogP contribution in [0.4, 0.5) is 0 Å². The van der Waals surface area contributed by atoms with E-state index in [-0.39, 0.29) is 5.91 Å². The molecule has 1 aromatic heterocycles. The molecule has 6 nitrogen and oxygen atoms in total. The maximum Gasteiger partial charge on any atom is 0.274 e. The lowest BCUT2D eigenvalue weighted by molar-refractivity contribution is 0.0777. The van der Waals surface area contributed by atoms with Crippen LogP contribution in [-0.2, 0) is 0 Å². The Labute approximate surface area is 160 Å². The molecule has 27 heavy (non-hydrogen) atoms. The van der Waals surface area contributed by atoms with E-state index in [4.69, 9.17) is 4.74 Å². The van der Waals surface area contributed by atoms with Gasteiger partial charge in [0.15, 0.2) is 5.69 Å². The standard InChI is InChI=1S/C21H28N4O2/c1-23(2)18-5-4-15-13-24(14-16(15)12-18)21(26)20-10-11-25(22-20)17-6-8-19(27-3)9-7-17/h6-11,15-16,18H,4-5,12-14H2,1-3H3. The number of hydrogen-bond acceptors (Lipinski definition) is 4. The lowest BCUT2D eigenvalue weighted by atomic mass is 9.79. The average Bonchev–Trinajstić information content (AvgIpc) is 3.34. The van der Waals surface area contributed by atoms with Crippen LogP contribution in [-0.4, -0.2) is 65.8 Å². The van der Waals surface area contributed by atoms with E-state index in [0.29, 0.717) is 23.6 Å². The van der Waals surface area contributed by atoms with Crippen molar-refractivity contribution in [2.75, 3.05) is 34.3 Å². The molecule has 4 rings (SSSR count). The molecule has 0 radical (unpaired) electrons. The van der Waals surface area contributed by atoms with Gasteiger partial charge in [0, 0.05) is 25.3 Å². The first-order valence-electron chi connectivity index (χ1n) is 9.71.